The van der Waals surface area contributed by atoms with Crippen LogP contribution in [0.25, 0.3) is 0 Å². The number of hydrogen-bond donors (Lipinski definition) is 1. The minimum Gasteiger partial charge on any atom is -0.310 e. The van der Waals surface area contributed by atoms with Gasteiger partial charge in [-0.3, -0.25) is 4.21 Å². The van der Waals surface area contributed by atoms with E-state index in [1.807, 2.05) is 19.9 Å². The molecule has 0 spiro atoms. The summed E-state index contributed by atoms with van der Waals surface area (Å²) < 4.78 is 24.6. The van der Waals surface area contributed by atoms with Crippen molar-refractivity contribution in [2.75, 3.05) is 12.8 Å². The highest BCUT2D eigenvalue weighted by molar-refractivity contribution is 7.84. The first-order chi connectivity index (χ1) is 8.02. The quantitative estimate of drug-likeness (QED) is 0.849. The summed E-state index contributed by atoms with van der Waals surface area (Å²) in [7, 11) is -0.788. The van der Waals surface area contributed by atoms with Crippen LogP contribution >= 0.6 is 0 Å². The third-order valence-corrected chi connectivity index (χ3v) is 4.31. The largest absolute Gasteiger partial charge is 0.310 e. The summed E-state index contributed by atoms with van der Waals surface area (Å²) in [6.07, 6.45) is 2.55. The van der Waals surface area contributed by atoms with Crippen LogP contribution in [0.15, 0.2) is 24.3 Å². The van der Waals surface area contributed by atoms with E-state index in [1.165, 1.54) is 6.07 Å². The highest BCUT2D eigenvalue weighted by Crippen LogP contribution is 2.15. The minimum atomic E-state index is -0.788. The molecule has 0 radical (unpaired) electrons. The van der Waals surface area contributed by atoms with Gasteiger partial charge in [0.1, 0.15) is 5.82 Å². The monoisotopic (exact) mass is 257 g/mol. The van der Waals surface area contributed by atoms with Crippen LogP contribution in [0.2, 0.25) is 0 Å². The molecule has 0 amide bonds. The van der Waals surface area contributed by atoms with Gasteiger partial charge in [0, 0.05) is 33.9 Å². The summed E-state index contributed by atoms with van der Waals surface area (Å²) in [5.41, 5.74) is 0.678. The van der Waals surface area contributed by atoms with Crippen molar-refractivity contribution in [2.24, 2.45) is 0 Å². The van der Waals surface area contributed by atoms with Crippen molar-refractivity contribution in [1.29, 1.82) is 0 Å². The Labute approximate surface area is 105 Å². The van der Waals surface area contributed by atoms with Crippen LogP contribution in [-0.2, 0) is 10.8 Å². The molecule has 0 saturated heterocycles. The fourth-order valence-corrected chi connectivity index (χ4v) is 2.06. The van der Waals surface area contributed by atoms with Crippen molar-refractivity contribution < 1.29 is 8.60 Å². The predicted octanol–water partition coefficient (Wildman–Crippen LogP) is 2.63. The van der Waals surface area contributed by atoms with Gasteiger partial charge < -0.3 is 5.32 Å². The lowest BCUT2D eigenvalue weighted by Gasteiger charge is -2.16. The van der Waals surface area contributed by atoms with E-state index in [9.17, 15) is 8.60 Å². The Balaban J connectivity index is 2.43. The normalized spacial score (nSPS) is 16.5. The fraction of sp³-hybridized carbons (Fsp3) is 0.538. The van der Waals surface area contributed by atoms with Gasteiger partial charge in [0.15, 0.2) is 0 Å². The van der Waals surface area contributed by atoms with Crippen molar-refractivity contribution in [2.45, 2.75) is 31.6 Å². The van der Waals surface area contributed by atoms with Crippen LogP contribution in [0.3, 0.4) is 0 Å². The zero-order chi connectivity index (χ0) is 12.8. The maximum atomic E-state index is 13.5. The second-order valence-corrected chi connectivity index (χ2v) is 6.10. The summed E-state index contributed by atoms with van der Waals surface area (Å²) in [4.78, 5) is 0. The van der Waals surface area contributed by atoms with Gasteiger partial charge in [-0.15, -0.1) is 0 Å². The maximum Gasteiger partial charge on any atom is 0.127 e. The molecule has 1 rings (SSSR count). The molecule has 2 nitrogen and oxygen atoms in total. The molecule has 0 aliphatic heterocycles. The van der Waals surface area contributed by atoms with Crippen molar-refractivity contribution >= 4 is 10.8 Å². The van der Waals surface area contributed by atoms with E-state index in [0.29, 0.717) is 5.56 Å². The Kier molecular flexibility index (Phi) is 5.78. The molecule has 0 aromatic heterocycles. The smallest absolute Gasteiger partial charge is 0.127 e. The molecule has 0 heterocycles. The molecule has 0 bridgehead atoms. The zero-order valence-corrected chi connectivity index (χ0v) is 11.4. The lowest BCUT2D eigenvalue weighted by atomic mass is 10.1. The first-order valence-electron chi connectivity index (χ1n) is 5.82. The molecule has 3 unspecified atom stereocenters. The third kappa shape index (κ3) is 4.56. The van der Waals surface area contributed by atoms with E-state index in [4.69, 9.17) is 0 Å². The van der Waals surface area contributed by atoms with Gasteiger partial charge in [-0.05, 0) is 26.0 Å². The molecule has 1 N–H and O–H groups in total. The van der Waals surface area contributed by atoms with Gasteiger partial charge >= 0.3 is 0 Å². The molecule has 17 heavy (non-hydrogen) atoms. The van der Waals surface area contributed by atoms with Crippen LogP contribution in [0.5, 0.6) is 0 Å². The molecule has 96 valence electrons. The van der Waals surface area contributed by atoms with Gasteiger partial charge in [0.05, 0.1) is 0 Å². The van der Waals surface area contributed by atoms with Gasteiger partial charge in [0.25, 0.3) is 0 Å². The Bertz CT molecular complexity index is 383. The summed E-state index contributed by atoms with van der Waals surface area (Å²) in [5, 5.41) is 3.43. The van der Waals surface area contributed by atoms with E-state index in [-0.39, 0.29) is 17.1 Å². The van der Waals surface area contributed by atoms with Crippen molar-refractivity contribution in [3.63, 3.8) is 0 Å². The summed E-state index contributed by atoms with van der Waals surface area (Å²) >= 11 is 0. The van der Waals surface area contributed by atoms with Crippen LogP contribution in [0.1, 0.15) is 31.9 Å². The minimum absolute atomic E-state index is 0.0197. The molecule has 0 aliphatic carbocycles. The molecular formula is C13H20FNOS. The van der Waals surface area contributed by atoms with E-state index in [2.05, 4.69) is 5.32 Å². The molecule has 1 aromatic carbocycles. The molecule has 1 aromatic rings. The highest BCUT2D eigenvalue weighted by Gasteiger charge is 2.11. The Morgan fingerprint density at radius 1 is 1.35 bits per heavy atom. The summed E-state index contributed by atoms with van der Waals surface area (Å²) in [6.45, 7) is 4.65. The van der Waals surface area contributed by atoms with Crippen LogP contribution in [-0.4, -0.2) is 22.3 Å². The first kappa shape index (κ1) is 14.3. The molecule has 0 saturated carbocycles. The molecule has 0 fully saturated rings. The van der Waals surface area contributed by atoms with Gasteiger partial charge in [-0.25, -0.2) is 4.39 Å². The Morgan fingerprint density at radius 3 is 2.59 bits per heavy atom. The maximum absolute atomic E-state index is 13.5. The lowest BCUT2D eigenvalue weighted by Crippen LogP contribution is -2.24. The Morgan fingerprint density at radius 2 is 2.00 bits per heavy atom. The summed E-state index contributed by atoms with van der Waals surface area (Å²) in [5.74, 6) is -0.181. The van der Waals surface area contributed by atoms with Crippen LogP contribution < -0.4 is 5.32 Å². The van der Waals surface area contributed by atoms with Crippen molar-refractivity contribution in [1.82, 2.24) is 5.32 Å². The topological polar surface area (TPSA) is 29.1 Å². The van der Waals surface area contributed by atoms with Crippen molar-refractivity contribution in [3.05, 3.63) is 35.6 Å². The van der Waals surface area contributed by atoms with Gasteiger partial charge in [0.2, 0.25) is 0 Å². The Hall–Kier alpha value is -0.740. The molecule has 4 heteroatoms. The predicted molar refractivity (Wildman–Crippen MR) is 71.0 cm³/mol. The number of hydrogen-bond acceptors (Lipinski definition) is 2. The van der Waals surface area contributed by atoms with E-state index in [0.717, 1.165) is 13.0 Å². The van der Waals surface area contributed by atoms with Crippen LogP contribution in [0.4, 0.5) is 4.39 Å². The number of nitrogens with one attached hydrogen (secondary N) is 1. The van der Waals surface area contributed by atoms with E-state index < -0.39 is 10.8 Å². The van der Waals surface area contributed by atoms with Gasteiger partial charge in [-0.2, -0.15) is 0 Å². The molecule has 3 atom stereocenters. The number of rotatable bonds is 6. The zero-order valence-electron chi connectivity index (χ0n) is 10.6. The highest BCUT2D eigenvalue weighted by atomic mass is 32.2. The fourth-order valence-electron chi connectivity index (χ4n) is 1.61. The van der Waals surface area contributed by atoms with E-state index in [1.54, 1.807) is 18.4 Å². The van der Waals surface area contributed by atoms with Gasteiger partial charge in [-0.1, -0.05) is 25.1 Å². The summed E-state index contributed by atoms with van der Waals surface area (Å²) in [6, 6.07) is 6.76. The van der Waals surface area contributed by atoms with Crippen LogP contribution in [0, 0.1) is 5.82 Å². The lowest BCUT2D eigenvalue weighted by molar-refractivity contribution is 0.519. The van der Waals surface area contributed by atoms with Crippen molar-refractivity contribution in [3.8, 4) is 0 Å². The first-order valence-corrected chi connectivity index (χ1v) is 7.44. The third-order valence-electron chi connectivity index (χ3n) is 2.94. The standard InChI is InChI=1S/C13H20FNOS/c1-10(17(3)16)8-9-15-11(2)12-6-4-5-7-13(12)14/h4-7,10-11,15H,8-9H2,1-3H3. The van der Waals surface area contributed by atoms with E-state index >= 15 is 0 Å². The second kappa shape index (κ2) is 6.87. The number of benzene rings is 1. The average Bonchev–Trinajstić information content (AvgIpc) is 2.29. The molecule has 0 aliphatic rings. The molecular weight excluding hydrogens is 237 g/mol. The SMILES string of the molecule is CC(NCCC(C)S(C)=O)c1ccccc1F. The average molecular weight is 257 g/mol. The second-order valence-electron chi connectivity index (χ2n) is 4.30. The number of halogens is 1.